The molecule has 5 heteroatoms. The van der Waals surface area contributed by atoms with Crippen LogP contribution in [0.25, 0.3) is 10.9 Å². The molecule has 2 N–H and O–H groups in total. The highest BCUT2D eigenvalue weighted by Crippen LogP contribution is 2.21. The smallest absolute Gasteiger partial charge is 0.149 e. The van der Waals surface area contributed by atoms with Crippen LogP contribution in [0, 0.1) is 0 Å². The van der Waals surface area contributed by atoms with Gasteiger partial charge in [0, 0.05) is 25.0 Å². The number of aryl methyl sites for hydroxylation is 1. The van der Waals surface area contributed by atoms with Gasteiger partial charge in [-0.2, -0.15) is 0 Å². The van der Waals surface area contributed by atoms with Crippen molar-refractivity contribution in [3.63, 3.8) is 0 Å². The van der Waals surface area contributed by atoms with Gasteiger partial charge in [-0.05, 0) is 30.4 Å². The Bertz CT molecular complexity index is 672. The molecule has 1 unspecified atom stereocenters. The summed E-state index contributed by atoms with van der Waals surface area (Å²) in [7, 11) is -2.95. The van der Waals surface area contributed by atoms with Crippen LogP contribution in [0.1, 0.15) is 12.5 Å². The quantitative estimate of drug-likeness (QED) is 0.904. The highest BCUT2D eigenvalue weighted by molar-refractivity contribution is 7.90. The molecule has 19 heavy (non-hydrogen) atoms. The summed E-state index contributed by atoms with van der Waals surface area (Å²) in [6.07, 6.45) is 4.00. The summed E-state index contributed by atoms with van der Waals surface area (Å²) in [6.45, 7) is 2.46. The third kappa shape index (κ3) is 3.58. The normalized spacial score (nSPS) is 13.8. The van der Waals surface area contributed by atoms with Gasteiger partial charge in [0.2, 0.25) is 0 Å². The van der Waals surface area contributed by atoms with Crippen molar-refractivity contribution in [2.75, 3.05) is 12.0 Å². The minimum absolute atomic E-state index is 0.0869. The Morgan fingerprint density at radius 3 is 2.68 bits per heavy atom. The zero-order chi connectivity index (χ0) is 14.0. The van der Waals surface area contributed by atoms with E-state index in [9.17, 15) is 8.42 Å². The predicted octanol–water partition coefficient (Wildman–Crippen LogP) is 1.58. The fourth-order valence-corrected chi connectivity index (χ4v) is 2.83. The fourth-order valence-electron chi connectivity index (χ4n) is 2.30. The first-order valence-electron chi connectivity index (χ1n) is 6.37. The van der Waals surface area contributed by atoms with Crippen LogP contribution in [0.15, 0.2) is 30.5 Å². The Labute approximate surface area is 114 Å². The highest BCUT2D eigenvalue weighted by Gasteiger charge is 2.10. The van der Waals surface area contributed by atoms with Crippen molar-refractivity contribution in [1.29, 1.82) is 0 Å². The average Bonchev–Trinajstić information content (AvgIpc) is 2.69. The van der Waals surface area contributed by atoms with Crippen molar-refractivity contribution in [3.8, 4) is 0 Å². The van der Waals surface area contributed by atoms with E-state index in [2.05, 4.69) is 6.07 Å². The summed E-state index contributed by atoms with van der Waals surface area (Å²) >= 11 is 0. The number of sulfone groups is 1. The molecule has 0 amide bonds. The molecule has 0 saturated carbocycles. The number of para-hydroxylation sites is 1. The van der Waals surface area contributed by atoms with E-state index in [4.69, 9.17) is 5.73 Å². The van der Waals surface area contributed by atoms with Gasteiger partial charge in [0.1, 0.15) is 9.84 Å². The number of hydrogen-bond donors (Lipinski definition) is 1. The van der Waals surface area contributed by atoms with Gasteiger partial charge in [0.05, 0.1) is 11.3 Å². The van der Waals surface area contributed by atoms with Gasteiger partial charge >= 0.3 is 0 Å². The lowest BCUT2D eigenvalue weighted by atomic mass is 10.0. The third-order valence-electron chi connectivity index (χ3n) is 3.12. The number of fused-ring (bicyclic) bond motifs is 1. The van der Waals surface area contributed by atoms with Crippen LogP contribution in [0.2, 0.25) is 0 Å². The van der Waals surface area contributed by atoms with Gasteiger partial charge in [-0.1, -0.05) is 18.2 Å². The summed E-state index contributed by atoms with van der Waals surface area (Å²) in [6, 6.07) is 8.21. The average molecular weight is 280 g/mol. The SMILES string of the molecule is CC(N)Cc1cccc2ccn(CCS(C)(=O)=O)c12. The Morgan fingerprint density at radius 2 is 2.05 bits per heavy atom. The molecule has 0 bridgehead atoms. The molecule has 0 aliphatic rings. The van der Waals surface area contributed by atoms with Gasteiger partial charge < -0.3 is 10.3 Å². The van der Waals surface area contributed by atoms with Crippen molar-refractivity contribution in [2.24, 2.45) is 5.73 Å². The van der Waals surface area contributed by atoms with E-state index in [1.807, 2.05) is 35.9 Å². The molecule has 4 nitrogen and oxygen atoms in total. The second-order valence-electron chi connectivity index (χ2n) is 5.18. The Kier molecular flexibility index (Phi) is 3.96. The van der Waals surface area contributed by atoms with Crippen molar-refractivity contribution < 1.29 is 8.42 Å². The number of hydrogen-bond acceptors (Lipinski definition) is 3. The van der Waals surface area contributed by atoms with E-state index in [1.54, 1.807) is 0 Å². The second-order valence-corrected chi connectivity index (χ2v) is 7.44. The van der Waals surface area contributed by atoms with E-state index in [-0.39, 0.29) is 11.8 Å². The Balaban J connectivity index is 2.39. The van der Waals surface area contributed by atoms with Crippen LogP contribution in [-0.2, 0) is 22.8 Å². The molecule has 104 valence electrons. The summed E-state index contributed by atoms with van der Waals surface area (Å²) < 4.78 is 24.6. The lowest BCUT2D eigenvalue weighted by Gasteiger charge is -2.11. The molecule has 0 aliphatic carbocycles. The van der Waals surface area contributed by atoms with E-state index >= 15 is 0 Å². The second kappa shape index (κ2) is 5.35. The minimum atomic E-state index is -2.95. The monoisotopic (exact) mass is 280 g/mol. The molecule has 1 aromatic heterocycles. The summed E-state index contributed by atoms with van der Waals surface area (Å²) in [5, 5.41) is 1.13. The van der Waals surface area contributed by atoms with Crippen LogP contribution in [0.5, 0.6) is 0 Å². The van der Waals surface area contributed by atoms with Crippen molar-refractivity contribution in [2.45, 2.75) is 25.9 Å². The third-order valence-corrected chi connectivity index (χ3v) is 4.04. The largest absolute Gasteiger partial charge is 0.346 e. The van der Waals surface area contributed by atoms with Crippen LogP contribution in [-0.4, -0.2) is 31.0 Å². The van der Waals surface area contributed by atoms with Gasteiger partial charge in [0.15, 0.2) is 0 Å². The molecular weight excluding hydrogens is 260 g/mol. The molecule has 1 atom stereocenters. The van der Waals surface area contributed by atoms with Gasteiger partial charge in [-0.25, -0.2) is 8.42 Å². The first-order chi connectivity index (χ1) is 8.87. The Hall–Kier alpha value is -1.33. The van der Waals surface area contributed by atoms with Crippen LogP contribution in [0.4, 0.5) is 0 Å². The molecule has 0 spiro atoms. The number of nitrogens with two attached hydrogens (primary N) is 1. The zero-order valence-electron chi connectivity index (χ0n) is 11.3. The summed E-state index contributed by atoms with van der Waals surface area (Å²) in [5.41, 5.74) is 8.14. The van der Waals surface area contributed by atoms with E-state index in [0.717, 1.165) is 17.3 Å². The molecule has 0 radical (unpaired) electrons. The number of aromatic nitrogens is 1. The molecule has 0 fully saturated rings. The van der Waals surface area contributed by atoms with Crippen molar-refractivity contribution in [1.82, 2.24) is 4.57 Å². The topological polar surface area (TPSA) is 65.1 Å². The summed E-state index contributed by atoms with van der Waals surface area (Å²) in [4.78, 5) is 0. The lowest BCUT2D eigenvalue weighted by molar-refractivity contribution is 0.595. The molecule has 2 aromatic rings. The maximum absolute atomic E-state index is 11.3. The van der Waals surface area contributed by atoms with Gasteiger partial charge in [-0.3, -0.25) is 0 Å². The van der Waals surface area contributed by atoms with Crippen LogP contribution >= 0.6 is 0 Å². The van der Waals surface area contributed by atoms with E-state index in [0.29, 0.717) is 6.54 Å². The maximum Gasteiger partial charge on any atom is 0.149 e. The van der Waals surface area contributed by atoms with Crippen molar-refractivity contribution >= 4 is 20.7 Å². The van der Waals surface area contributed by atoms with Gasteiger partial charge in [-0.15, -0.1) is 0 Å². The predicted molar refractivity (Wildman–Crippen MR) is 79.0 cm³/mol. The molecule has 0 saturated heterocycles. The van der Waals surface area contributed by atoms with Crippen LogP contribution < -0.4 is 5.73 Å². The first-order valence-corrected chi connectivity index (χ1v) is 8.43. The summed E-state index contributed by atoms with van der Waals surface area (Å²) in [5.74, 6) is 0.156. The highest BCUT2D eigenvalue weighted by atomic mass is 32.2. The number of rotatable bonds is 5. The lowest BCUT2D eigenvalue weighted by Crippen LogP contribution is -2.18. The molecular formula is C14H20N2O2S. The van der Waals surface area contributed by atoms with Gasteiger partial charge in [0.25, 0.3) is 0 Å². The zero-order valence-corrected chi connectivity index (χ0v) is 12.2. The van der Waals surface area contributed by atoms with E-state index < -0.39 is 9.84 Å². The molecule has 1 aromatic carbocycles. The maximum atomic E-state index is 11.3. The Morgan fingerprint density at radius 1 is 1.32 bits per heavy atom. The standard InChI is InChI=1S/C14H20N2O2S/c1-11(15)10-13-5-3-4-12-6-7-16(14(12)13)8-9-19(2,17)18/h3-7,11H,8-10,15H2,1-2H3. The molecule has 1 heterocycles. The first kappa shape index (κ1) is 14.1. The van der Waals surface area contributed by atoms with Crippen LogP contribution in [0.3, 0.4) is 0 Å². The molecule has 2 rings (SSSR count). The number of benzene rings is 1. The molecule has 0 aliphatic heterocycles. The van der Waals surface area contributed by atoms with Crippen molar-refractivity contribution in [3.05, 3.63) is 36.0 Å². The number of nitrogens with zero attached hydrogens (tertiary/aromatic N) is 1. The van der Waals surface area contributed by atoms with E-state index in [1.165, 1.54) is 11.8 Å². The fraction of sp³-hybridized carbons (Fsp3) is 0.429. The minimum Gasteiger partial charge on any atom is -0.346 e.